The molecule has 0 aromatic rings. The molecule has 15 heavy (non-hydrogen) atoms. The predicted molar refractivity (Wildman–Crippen MR) is 58.5 cm³/mol. The molecule has 0 spiro atoms. The Kier molecular flexibility index (Phi) is 2.43. The molecule has 3 rings (SSSR count). The summed E-state index contributed by atoms with van der Waals surface area (Å²) in [6.45, 7) is 2.07. The van der Waals surface area contributed by atoms with E-state index in [1.165, 1.54) is 32.1 Å². The van der Waals surface area contributed by atoms with Gasteiger partial charge in [0.05, 0.1) is 6.04 Å². The second-order valence-corrected chi connectivity index (χ2v) is 5.31. The van der Waals surface area contributed by atoms with E-state index in [4.69, 9.17) is 0 Å². The average molecular weight is 208 g/mol. The summed E-state index contributed by atoms with van der Waals surface area (Å²) in [4.78, 5) is 14.4. The van der Waals surface area contributed by atoms with Crippen molar-refractivity contribution in [3.8, 4) is 0 Å². The Balaban J connectivity index is 1.61. The first-order chi connectivity index (χ1) is 7.34. The molecule has 84 valence electrons. The van der Waals surface area contributed by atoms with Gasteiger partial charge in [-0.15, -0.1) is 0 Å². The van der Waals surface area contributed by atoms with Crippen LogP contribution < -0.4 is 5.32 Å². The highest BCUT2D eigenvalue weighted by Crippen LogP contribution is 2.35. The van der Waals surface area contributed by atoms with Crippen molar-refractivity contribution in [1.29, 1.82) is 0 Å². The lowest BCUT2D eigenvalue weighted by Crippen LogP contribution is -2.45. The molecular formula is C12H20N2O. The van der Waals surface area contributed by atoms with Crippen LogP contribution in [0.3, 0.4) is 0 Å². The Morgan fingerprint density at radius 3 is 2.53 bits per heavy atom. The van der Waals surface area contributed by atoms with Crippen LogP contribution in [0.4, 0.5) is 0 Å². The number of rotatable bonds is 4. The van der Waals surface area contributed by atoms with E-state index in [1.807, 2.05) is 0 Å². The van der Waals surface area contributed by atoms with Gasteiger partial charge in [0.2, 0.25) is 5.91 Å². The van der Waals surface area contributed by atoms with Crippen molar-refractivity contribution in [1.82, 2.24) is 10.2 Å². The van der Waals surface area contributed by atoms with E-state index in [1.54, 1.807) is 0 Å². The molecule has 2 aliphatic carbocycles. The fourth-order valence-corrected chi connectivity index (χ4v) is 2.48. The molecule has 2 saturated carbocycles. The minimum Gasteiger partial charge on any atom is -0.338 e. The number of nitrogens with zero attached hydrogens (tertiary/aromatic N) is 1. The minimum absolute atomic E-state index is 0.143. The summed E-state index contributed by atoms with van der Waals surface area (Å²) in [5.74, 6) is 1.22. The third-order valence-corrected chi connectivity index (χ3v) is 3.78. The first-order valence-corrected chi connectivity index (χ1v) is 6.38. The fraction of sp³-hybridized carbons (Fsp3) is 0.917. The number of hydrogen-bond acceptors (Lipinski definition) is 2. The van der Waals surface area contributed by atoms with E-state index in [-0.39, 0.29) is 6.04 Å². The molecule has 1 aliphatic heterocycles. The average Bonchev–Trinajstić information content (AvgIpc) is 3.14. The maximum absolute atomic E-state index is 12.3. The van der Waals surface area contributed by atoms with Gasteiger partial charge in [0, 0.05) is 12.6 Å². The summed E-state index contributed by atoms with van der Waals surface area (Å²) in [5, 5.41) is 3.32. The molecule has 0 aromatic heterocycles. The highest BCUT2D eigenvalue weighted by molar-refractivity contribution is 5.82. The van der Waals surface area contributed by atoms with E-state index in [2.05, 4.69) is 10.2 Å². The van der Waals surface area contributed by atoms with E-state index in [9.17, 15) is 4.79 Å². The maximum atomic E-state index is 12.3. The fourth-order valence-electron chi connectivity index (χ4n) is 2.48. The summed E-state index contributed by atoms with van der Waals surface area (Å²) >= 11 is 0. The monoisotopic (exact) mass is 208 g/mol. The van der Waals surface area contributed by atoms with Crippen molar-refractivity contribution in [2.45, 2.75) is 50.6 Å². The van der Waals surface area contributed by atoms with Crippen molar-refractivity contribution in [2.24, 2.45) is 5.92 Å². The quantitative estimate of drug-likeness (QED) is 0.751. The molecule has 3 nitrogen and oxygen atoms in total. The van der Waals surface area contributed by atoms with Crippen LogP contribution in [0.5, 0.6) is 0 Å². The van der Waals surface area contributed by atoms with E-state index >= 15 is 0 Å². The molecule has 1 N–H and O–H groups in total. The Hall–Kier alpha value is -0.570. The number of carbonyl (C=O) groups excluding carboxylic acids is 1. The van der Waals surface area contributed by atoms with Crippen molar-refractivity contribution in [2.75, 3.05) is 13.1 Å². The zero-order valence-corrected chi connectivity index (χ0v) is 9.24. The van der Waals surface area contributed by atoms with Gasteiger partial charge in [-0.3, -0.25) is 4.79 Å². The highest BCUT2D eigenvalue weighted by Gasteiger charge is 2.39. The largest absolute Gasteiger partial charge is 0.338 e. The Bertz CT molecular complexity index is 252. The van der Waals surface area contributed by atoms with Gasteiger partial charge in [0.15, 0.2) is 0 Å². The van der Waals surface area contributed by atoms with Crippen molar-refractivity contribution < 1.29 is 4.79 Å². The van der Waals surface area contributed by atoms with Gasteiger partial charge in [0.1, 0.15) is 0 Å². The molecule has 3 fully saturated rings. The lowest BCUT2D eigenvalue weighted by Gasteiger charge is -2.25. The summed E-state index contributed by atoms with van der Waals surface area (Å²) in [5.41, 5.74) is 0. The molecule has 1 atom stereocenters. The molecule has 3 heteroatoms. The van der Waals surface area contributed by atoms with Crippen LogP contribution in [0, 0.1) is 5.92 Å². The molecule has 0 aromatic carbocycles. The number of carbonyl (C=O) groups is 1. The summed E-state index contributed by atoms with van der Waals surface area (Å²) < 4.78 is 0. The number of amides is 1. The van der Waals surface area contributed by atoms with Crippen LogP contribution in [0.1, 0.15) is 38.5 Å². The third-order valence-electron chi connectivity index (χ3n) is 3.78. The van der Waals surface area contributed by atoms with Crippen molar-refractivity contribution >= 4 is 5.91 Å². The van der Waals surface area contributed by atoms with Crippen LogP contribution in [-0.4, -0.2) is 36.0 Å². The van der Waals surface area contributed by atoms with Crippen molar-refractivity contribution in [3.63, 3.8) is 0 Å². The van der Waals surface area contributed by atoms with Crippen LogP contribution >= 0.6 is 0 Å². The van der Waals surface area contributed by atoms with Gasteiger partial charge in [-0.05, 0) is 51.0 Å². The van der Waals surface area contributed by atoms with Crippen LogP contribution in [0.15, 0.2) is 0 Å². The SMILES string of the molecule is O=C([C@@H]1CCCN1)N(CC1CC1)C1CC1. The van der Waals surface area contributed by atoms with Crippen molar-refractivity contribution in [3.05, 3.63) is 0 Å². The molecule has 3 aliphatic rings. The zero-order valence-electron chi connectivity index (χ0n) is 9.24. The van der Waals surface area contributed by atoms with Gasteiger partial charge in [-0.25, -0.2) is 0 Å². The topological polar surface area (TPSA) is 32.3 Å². The summed E-state index contributed by atoms with van der Waals surface area (Å²) in [7, 11) is 0. The summed E-state index contributed by atoms with van der Waals surface area (Å²) in [6.07, 6.45) is 7.38. The van der Waals surface area contributed by atoms with Gasteiger partial charge in [-0.1, -0.05) is 0 Å². The van der Waals surface area contributed by atoms with E-state index < -0.39 is 0 Å². The third kappa shape index (κ3) is 2.17. The number of nitrogens with one attached hydrogen (secondary N) is 1. The standard InChI is InChI=1S/C12H20N2O/c15-12(11-2-1-7-13-11)14(10-5-6-10)8-9-3-4-9/h9-11,13H,1-8H2/t11-/m0/s1. The zero-order chi connectivity index (χ0) is 10.3. The van der Waals surface area contributed by atoms with Crippen LogP contribution in [0.25, 0.3) is 0 Å². The maximum Gasteiger partial charge on any atom is 0.239 e. The van der Waals surface area contributed by atoms with E-state index in [0.29, 0.717) is 11.9 Å². The van der Waals surface area contributed by atoms with E-state index in [0.717, 1.165) is 25.4 Å². The molecule has 1 amide bonds. The second kappa shape index (κ2) is 3.78. The van der Waals surface area contributed by atoms with Crippen LogP contribution in [-0.2, 0) is 4.79 Å². The van der Waals surface area contributed by atoms with Crippen LogP contribution in [0.2, 0.25) is 0 Å². The first kappa shape index (κ1) is 9.64. The highest BCUT2D eigenvalue weighted by atomic mass is 16.2. The molecule has 0 radical (unpaired) electrons. The Labute approximate surface area is 91.2 Å². The van der Waals surface area contributed by atoms with Gasteiger partial charge in [0.25, 0.3) is 0 Å². The molecule has 0 unspecified atom stereocenters. The van der Waals surface area contributed by atoms with Gasteiger partial charge in [-0.2, -0.15) is 0 Å². The lowest BCUT2D eigenvalue weighted by molar-refractivity contribution is -0.133. The summed E-state index contributed by atoms with van der Waals surface area (Å²) in [6, 6.07) is 0.741. The Morgan fingerprint density at radius 1 is 1.20 bits per heavy atom. The van der Waals surface area contributed by atoms with Gasteiger partial charge < -0.3 is 10.2 Å². The minimum atomic E-state index is 0.143. The Morgan fingerprint density at radius 2 is 2.00 bits per heavy atom. The molecule has 1 saturated heterocycles. The lowest BCUT2D eigenvalue weighted by atomic mass is 10.2. The first-order valence-electron chi connectivity index (χ1n) is 6.38. The molecule has 1 heterocycles. The predicted octanol–water partition coefficient (Wildman–Crippen LogP) is 1.14. The van der Waals surface area contributed by atoms with Gasteiger partial charge >= 0.3 is 0 Å². The molecular weight excluding hydrogens is 188 g/mol. The number of hydrogen-bond donors (Lipinski definition) is 1. The normalized spacial score (nSPS) is 30.5. The second-order valence-electron chi connectivity index (χ2n) is 5.31. The smallest absolute Gasteiger partial charge is 0.239 e. The molecule has 0 bridgehead atoms.